The van der Waals surface area contributed by atoms with Gasteiger partial charge in [0.05, 0.1) is 6.61 Å². The Bertz CT molecular complexity index is 299. The summed E-state index contributed by atoms with van der Waals surface area (Å²) in [5.74, 6) is 0.407. The van der Waals surface area contributed by atoms with Crippen LogP contribution in [0, 0.1) is 5.82 Å². The fourth-order valence-corrected chi connectivity index (χ4v) is 1.22. The van der Waals surface area contributed by atoms with Crippen LogP contribution < -0.4 is 10.5 Å². The fourth-order valence-electron chi connectivity index (χ4n) is 1.22. The molecule has 0 spiro atoms. The largest absolute Gasteiger partial charge is 0.493 e. The quantitative estimate of drug-likeness (QED) is 0.805. The van der Waals surface area contributed by atoms with Gasteiger partial charge in [0.1, 0.15) is 11.6 Å². The van der Waals surface area contributed by atoms with Gasteiger partial charge in [0.25, 0.3) is 0 Å². The lowest BCUT2D eigenvalue weighted by Crippen LogP contribution is -2.08. The summed E-state index contributed by atoms with van der Waals surface area (Å²) in [6.45, 7) is 4.47. The van der Waals surface area contributed by atoms with E-state index in [0.717, 1.165) is 12.0 Å². The van der Waals surface area contributed by atoms with Crippen molar-refractivity contribution >= 4 is 0 Å². The first-order valence-corrected chi connectivity index (χ1v) is 4.83. The predicted octanol–water partition coefficient (Wildman–Crippen LogP) is 2.63. The van der Waals surface area contributed by atoms with Crippen molar-refractivity contribution in [3.63, 3.8) is 0 Å². The lowest BCUT2D eigenvalue weighted by molar-refractivity contribution is 0.312. The zero-order valence-electron chi connectivity index (χ0n) is 8.59. The van der Waals surface area contributed by atoms with Gasteiger partial charge in [-0.15, -0.1) is 0 Å². The molecule has 1 aromatic rings. The Hall–Kier alpha value is -1.09. The van der Waals surface area contributed by atoms with E-state index in [-0.39, 0.29) is 11.9 Å². The Morgan fingerprint density at radius 1 is 1.50 bits per heavy atom. The molecular weight excluding hydrogens is 181 g/mol. The molecule has 0 aliphatic carbocycles. The second-order valence-corrected chi connectivity index (χ2v) is 3.32. The molecule has 14 heavy (non-hydrogen) atoms. The SMILES string of the molecule is CCCOc1ccc(F)cc1[C@@H](C)N. The van der Waals surface area contributed by atoms with Gasteiger partial charge in [0, 0.05) is 11.6 Å². The molecule has 78 valence electrons. The zero-order chi connectivity index (χ0) is 10.6. The zero-order valence-corrected chi connectivity index (χ0v) is 8.59. The van der Waals surface area contributed by atoms with Gasteiger partial charge in [0.2, 0.25) is 0 Å². The Morgan fingerprint density at radius 2 is 2.21 bits per heavy atom. The third kappa shape index (κ3) is 2.70. The molecule has 3 heteroatoms. The van der Waals surface area contributed by atoms with Crippen LogP contribution in [0.5, 0.6) is 5.75 Å². The van der Waals surface area contributed by atoms with Crippen molar-refractivity contribution in [2.75, 3.05) is 6.61 Å². The minimum absolute atomic E-state index is 0.211. The highest BCUT2D eigenvalue weighted by molar-refractivity contribution is 5.36. The smallest absolute Gasteiger partial charge is 0.124 e. The van der Waals surface area contributed by atoms with Gasteiger partial charge in [-0.3, -0.25) is 0 Å². The van der Waals surface area contributed by atoms with Gasteiger partial charge in [0.15, 0.2) is 0 Å². The highest BCUT2D eigenvalue weighted by Gasteiger charge is 2.08. The molecule has 0 aliphatic rings. The third-order valence-electron chi connectivity index (χ3n) is 1.92. The van der Waals surface area contributed by atoms with Gasteiger partial charge in [-0.2, -0.15) is 0 Å². The highest BCUT2D eigenvalue weighted by atomic mass is 19.1. The average molecular weight is 197 g/mol. The summed E-state index contributed by atoms with van der Waals surface area (Å²) in [5, 5.41) is 0. The first-order valence-electron chi connectivity index (χ1n) is 4.83. The number of ether oxygens (including phenoxy) is 1. The van der Waals surface area contributed by atoms with Crippen molar-refractivity contribution in [2.24, 2.45) is 5.73 Å². The van der Waals surface area contributed by atoms with Crippen molar-refractivity contribution in [2.45, 2.75) is 26.3 Å². The molecule has 0 amide bonds. The van der Waals surface area contributed by atoms with Crippen LogP contribution in [0.4, 0.5) is 4.39 Å². The summed E-state index contributed by atoms with van der Waals surface area (Å²) in [5.41, 5.74) is 6.43. The molecule has 0 bridgehead atoms. The van der Waals surface area contributed by atoms with Crippen molar-refractivity contribution in [3.8, 4) is 5.75 Å². The van der Waals surface area contributed by atoms with E-state index < -0.39 is 0 Å². The number of nitrogens with two attached hydrogens (primary N) is 1. The molecule has 2 nitrogen and oxygen atoms in total. The lowest BCUT2D eigenvalue weighted by Gasteiger charge is -2.13. The number of rotatable bonds is 4. The maximum atomic E-state index is 12.9. The number of benzene rings is 1. The summed E-state index contributed by atoms with van der Waals surface area (Å²) >= 11 is 0. The van der Waals surface area contributed by atoms with E-state index in [1.165, 1.54) is 12.1 Å². The van der Waals surface area contributed by atoms with Crippen LogP contribution >= 0.6 is 0 Å². The maximum absolute atomic E-state index is 12.9. The molecule has 1 aromatic carbocycles. The lowest BCUT2D eigenvalue weighted by atomic mass is 10.1. The van der Waals surface area contributed by atoms with Crippen LogP contribution in [0.3, 0.4) is 0 Å². The summed E-state index contributed by atoms with van der Waals surface area (Å²) in [7, 11) is 0. The number of hydrogen-bond donors (Lipinski definition) is 1. The van der Waals surface area contributed by atoms with Crippen molar-refractivity contribution in [1.29, 1.82) is 0 Å². The Labute approximate surface area is 83.9 Å². The standard InChI is InChI=1S/C11H16FNO/c1-3-6-14-11-5-4-9(12)7-10(11)8(2)13/h4-5,7-8H,3,6,13H2,1-2H3/t8-/m1/s1. The molecular formula is C11H16FNO. The fraction of sp³-hybridized carbons (Fsp3) is 0.455. The second-order valence-electron chi connectivity index (χ2n) is 3.32. The van der Waals surface area contributed by atoms with Gasteiger partial charge < -0.3 is 10.5 Å². The van der Waals surface area contributed by atoms with E-state index in [4.69, 9.17) is 10.5 Å². The molecule has 1 atom stereocenters. The first kappa shape index (κ1) is 11.0. The van der Waals surface area contributed by atoms with Gasteiger partial charge >= 0.3 is 0 Å². The van der Waals surface area contributed by atoms with Crippen molar-refractivity contribution < 1.29 is 9.13 Å². The molecule has 0 unspecified atom stereocenters. The van der Waals surface area contributed by atoms with Crippen molar-refractivity contribution in [3.05, 3.63) is 29.6 Å². The molecule has 2 N–H and O–H groups in total. The molecule has 0 aromatic heterocycles. The maximum Gasteiger partial charge on any atom is 0.124 e. The Balaban J connectivity index is 2.90. The second kappa shape index (κ2) is 4.96. The molecule has 0 heterocycles. The highest BCUT2D eigenvalue weighted by Crippen LogP contribution is 2.24. The topological polar surface area (TPSA) is 35.2 Å². The van der Waals surface area contributed by atoms with Crippen LogP contribution in [0.25, 0.3) is 0 Å². The molecule has 0 saturated carbocycles. The molecule has 0 fully saturated rings. The average Bonchev–Trinajstić information content (AvgIpc) is 2.15. The summed E-state index contributed by atoms with van der Waals surface area (Å²) in [4.78, 5) is 0. The minimum atomic E-state index is -0.277. The Kier molecular flexibility index (Phi) is 3.89. The first-order chi connectivity index (χ1) is 6.65. The van der Waals surface area contributed by atoms with E-state index in [0.29, 0.717) is 12.4 Å². The molecule has 0 aliphatic heterocycles. The number of hydrogen-bond acceptors (Lipinski definition) is 2. The van der Waals surface area contributed by atoms with E-state index in [9.17, 15) is 4.39 Å². The van der Waals surface area contributed by atoms with Crippen LogP contribution in [-0.2, 0) is 0 Å². The van der Waals surface area contributed by atoms with E-state index in [1.807, 2.05) is 13.8 Å². The number of halogens is 1. The van der Waals surface area contributed by atoms with Gasteiger partial charge in [-0.1, -0.05) is 6.92 Å². The Morgan fingerprint density at radius 3 is 2.79 bits per heavy atom. The molecule has 1 rings (SSSR count). The molecule has 0 radical (unpaired) electrons. The summed E-state index contributed by atoms with van der Waals surface area (Å²) in [6, 6.07) is 4.23. The molecule has 0 saturated heterocycles. The minimum Gasteiger partial charge on any atom is -0.493 e. The monoisotopic (exact) mass is 197 g/mol. The third-order valence-corrected chi connectivity index (χ3v) is 1.92. The van der Waals surface area contributed by atoms with Crippen LogP contribution in [0.1, 0.15) is 31.9 Å². The van der Waals surface area contributed by atoms with Gasteiger partial charge in [-0.25, -0.2) is 4.39 Å². The predicted molar refractivity (Wildman–Crippen MR) is 54.8 cm³/mol. The van der Waals surface area contributed by atoms with Crippen LogP contribution in [0.15, 0.2) is 18.2 Å². The van der Waals surface area contributed by atoms with E-state index >= 15 is 0 Å². The van der Waals surface area contributed by atoms with Crippen molar-refractivity contribution in [1.82, 2.24) is 0 Å². The normalized spacial score (nSPS) is 12.6. The van der Waals surface area contributed by atoms with E-state index in [1.54, 1.807) is 6.07 Å². The van der Waals surface area contributed by atoms with Crippen LogP contribution in [0.2, 0.25) is 0 Å². The summed E-state index contributed by atoms with van der Waals surface area (Å²) < 4.78 is 18.4. The van der Waals surface area contributed by atoms with Crippen LogP contribution in [-0.4, -0.2) is 6.61 Å². The van der Waals surface area contributed by atoms with E-state index in [2.05, 4.69) is 0 Å². The van der Waals surface area contributed by atoms with Gasteiger partial charge in [-0.05, 0) is 31.5 Å². The summed E-state index contributed by atoms with van der Waals surface area (Å²) in [6.07, 6.45) is 0.926.